The van der Waals surface area contributed by atoms with Gasteiger partial charge in [0.25, 0.3) is 0 Å². The second-order valence-corrected chi connectivity index (χ2v) is 5.24. The molecule has 0 bridgehead atoms. The molecule has 3 rings (SSSR count). The summed E-state index contributed by atoms with van der Waals surface area (Å²) in [6.07, 6.45) is 7.59. The molecule has 0 unspecified atom stereocenters. The number of aromatic amines is 1. The monoisotopic (exact) mass is 272 g/mol. The minimum Gasteiger partial charge on any atom is -0.370 e. The van der Waals surface area contributed by atoms with Gasteiger partial charge in [-0.1, -0.05) is 19.8 Å². The molecule has 6 nitrogen and oxygen atoms in total. The summed E-state index contributed by atoms with van der Waals surface area (Å²) in [5.74, 6) is 2.70. The molecule has 0 amide bonds. The van der Waals surface area contributed by atoms with Crippen molar-refractivity contribution in [3.63, 3.8) is 0 Å². The Labute approximate surface area is 118 Å². The molecule has 106 valence electrons. The van der Waals surface area contributed by atoms with Crippen molar-refractivity contribution in [3.05, 3.63) is 18.1 Å². The Bertz CT molecular complexity index is 545. The van der Waals surface area contributed by atoms with Crippen LogP contribution in [0.15, 0.2) is 12.4 Å². The van der Waals surface area contributed by atoms with E-state index in [9.17, 15) is 0 Å². The fraction of sp³-hybridized carbons (Fsp3) is 0.571. The van der Waals surface area contributed by atoms with E-state index < -0.39 is 0 Å². The lowest BCUT2D eigenvalue weighted by Gasteiger charge is -2.12. The summed E-state index contributed by atoms with van der Waals surface area (Å²) in [5, 5.41) is 10.1. The highest BCUT2D eigenvalue weighted by atomic mass is 15.2. The van der Waals surface area contributed by atoms with Crippen molar-refractivity contribution >= 4 is 5.82 Å². The van der Waals surface area contributed by atoms with Gasteiger partial charge < -0.3 is 5.32 Å². The topological polar surface area (TPSA) is 79.4 Å². The van der Waals surface area contributed by atoms with Gasteiger partial charge in [0.15, 0.2) is 11.6 Å². The summed E-state index contributed by atoms with van der Waals surface area (Å²) in [5.41, 5.74) is 1.13. The van der Waals surface area contributed by atoms with Gasteiger partial charge >= 0.3 is 0 Å². The van der Waals surface area contributed by atoms with Gasteiger partial charge in [-0.05, 0) is 19.3 Å². The maximum Gasteiger partial charge on any atom is 0.199 e. The third-order valence-electron chi connectivity index (χ3n) is 3.70. The van der Waals surface area contributed by atoms with Crippen LogP contribution in [-0.2, 0) is 0 Å². The zero-order chi connectivity index (χ0) is 13.8. The fourth-order valence-corrected chi connectivity index (χ4v) is 2.66. The van der Waals surface area contributed by atoms with E-state index in [4.69, 9.17) is 0 Å². The van der Waals surface area contributed by atoms with E-state index in [2.05, 4.69) is 43.5 Å². The summed E-state index contributed by atoms with van der Waals surface area (Å²) in [7, 11) is 0. The molecule has 20 heavy (non-hydrogen) atoms. The van der Waals surface area contributed by atoms with Crippen LogP contribution in [0.5, 0.6) is 0 Å². The Morgan fingerprint density at radius 2 is 2.15 bits per heavy atom. The van der Waals surface area contributed by atoms with E-state index in [0.29, 0.717) is 17.6 Å². The van der Waals surface area contributed by atoms with Crippen molar-refractivity contribution in [3.8, 4) is 11.6 Å². The first-order chi connectivity index (χ1) is 9.86. The van der Waals surface area contributed by atoms with Gasteiger partial charge in [0, 0.05) is 24.2 Å². The van der Waals surface area contributed by atoms with E-state index in [1.807, 2.05) is 0 Å². The number of anilines is 1. The van der Waals surface area contributed by atoms with Crippen LogP contribution < -0.4 is 5.32 Å². The van der Waals surface area contributed by atoms with Crippen molar-refractivity contribution < 1.29 is 0 Å². The van der Waals surface area contributed by atoms with E-state index >= 15 is 0 Å². The first-order valence-electron chi connectivity index (χ1n) is 7.35. The zero-order valence-electron chi connectivity index (χ0n) is 11.8. The molecular weight excluding hydrogens is 252 g/mol. The van der Waals surface area contributed by atoms with Gasteiger partial charge in [-0.25, -0.2) is 15.0 Å². The van der Waals surface area contributed by atoms with Gasteiger partial charge in [0.05, 0.1) is 0 Å². The van der Waals surface area contributed by atoms with Crippen LogP contribution in [0.25, 0.3) is 11.6 Å². The van der Waals surface area contributed by atoms with Crippen LogP contribution in [0.4, 0.5) is 5.82 Å². The van der Waals surface area contributed by atoms with Crippen LogP contribution in [0.2, 0.25) is 0 Å². The molecule has 6 heteroatoms. The van der Waals surface area contributed by atoms with Crippen LogP contribution >= 0.6 is 0 Å². The summed E-state index contributed by atoms with van der Waals surface area (Å²) >= 11 is 0. The lowest BCUT2D eigenvalue weighted by molar-refractivity contribution is 0.695. The van der Waals surface area contributed by atoms with Gasteiger partial charge in [-0.3, -0.25) is 5.10 Å². The normalized spacial score (nSPS) is 15.7. The van der Waals surface area contributed by atoms with E-state index in [1.165, 1.54) is 32.0 Å². The van der Waals surface area contributed by atoms with Gasteiger partial charge in [-0.2, -0.15) is 5.10 Å². The number of H-pyrrole nitrogens is 1. The molecule has 1 fully saturated rings. The molecule has 2 N–H and O–H groups in total. The third kappa shape index (κ3) is 2.79. The molecule has 2 aromatic rings. The number of hydrogen-bond donors (Lipinski definition) is 2. The average Bonchev–Trinajstić information content (AvgIpc) is 3.17. The molecule has 2 heterocycles. The van der Waals surface area contributed by atoms with Crippen molar-refractivity contribution in [2.45, 2.75) is 44.9 Å². The maximum absolute atomic E-state index is 4.68. The van der Waals surface area contributed by atoms with E-state index in [0.717, 1.165) is 24.5 Å². The SMILES string of the molecule is CCCNc1cc(C2CCCC2)nc(-c2ncn[nH]2)n1. The van der Waals surface area contributed by atoms with Crippen molar-refractivity contribution in [1.29, 1.82) is 0 Å². The lowest BCUT2D eigenvalue weighted by atomic mass is 10.0. The van der Waals surface area contributed by atoms with Crippen molar-refractivity contribution in [2.75, 3.05) is 11.9 Å². The molecule has 0 saturated heterocycles. The highest BCUT2D eigenvalue weighted by Crippen LogP contribution is 2.34. The average molecular weight is 272 g/mol. The van der Waals surface area contributed by atoms with Crippen molar-refractivity contribution in [1.82, 2.24) is 25.1 Å². The van der Waals surface area contributed by atoms with Gasteiger partial charge in [-0.15, -0.1) is 0 Å². The Balaban J connectivity index is 1.94. The molecule has 0 aromatic carbocycles. The fourth-order valence-electron chi connectivity index (χ4n) is 2.66. The Morgan fingerprint density at radius 1 is 1.30 bits per heavy atom. The molecule has 1 aliphatic rings. The molecule has 0 radical (unpaired) electrons. The highest BCUT2D eigenvalue weighted by Gasteiger charge is 2.20. The first-order valence-corrected chi connectivity index (χ1v) is 7.35. The minimum atomic E-state index is 0.557. The molecule has 1 saturated carbocycles. The molecule has 0 aliphatic heterocycles. The number of nitrogens with one attached hydrogen (secondary N) is 2. The Hall–Kier alpha value is -1.98. The van der Waals surface area contributed by atoms with Gasteiger partial charge in [0.1, 0.15) is 12.1 Å². The van der Waals surface area contributed by atoms with Gasteiger partial charge in [0.2, 0.25) is 0 Å². The largest absolute Gasteiger partial charge is 0.370 e. The molecule has 1 aliphatic carbocycles. The van der Waals surface area contributed by atoms with Crippen LogP contribution in [0.3, 0.4) is 0 Å². The minimum absolute atomic E-state index is 0.557. The quantitative estimate of drug-likeness (QED) is 0.875. The number of nitrogens with zero attached hydrogens (tertiary/aromatic N) is 4. The second kappa shape index (κ2) is 5.98. The van der Waals surface area contributed by atoms with E-state index in [1.54, 1.807) is 0 Å². The van der Waals surface area contributed by atoms with E-state index in [-0.39, 0.29) is 0 Å². The van der Waals surface area contributed by atoms with Crippen LogP contribution in [0.1, 0.15) is 50.6 Å². The Morgan fingerprint density at radius 3 is 2.85 bits per heavy atom. The maximum atomic E-state index is 4.68. The number of aromatic nitrogens is 5. The molecular formula is C14H20N6. The first kappa shape index (κ1) is 13.0. The molecule has 2 aromatic heterocycles. The standard InChI is InChI=1S/C14H20N6/c1-2-7-15-12-8-11(10-5-3-4-6-10)18-14(19-12)13-16-9-17-20-13/h8-10H,2-7H2,1H3,(H,15,18,19)(H,16,17,20). The molecule has 0 atom stereocenters. The zero-order valence-corrected chi connectivity index (χ0v) is 11.8. The van der Waals surface area contributed by atoms with Crippen LogP contribution in [0, 0.1) is 0 Å². The number of rotatable bonds is 5. The van der Waals surface area contributed by atoms with Crippen molar-refractivity contribution in [2.24, 2.45) is 0 Å². The predicted molar refractivity (Wildman–Crippen MR) is 77.4 cm³/mol. The second-order valence-electron chi connectivity index (χ2n) is 5.24. The Kier molecular flexibility index (Phi) is 3.90. The number of hydrogen-bond acceptors (Lipinski definition) is 5. The predicted octanol–water partition coefficient (Wildman–Crippen LogP) is 2.74. The summed E-state index contributed by atoms with van der Waals surface area (Å²) in [6, 6.07) is 2.09. The third-order valence-corrected chi connectivity index (χ3v) is 3.70. The molecule has 0 spiro atoms. The summed E-state index contributed by atoms with van der Waals surface area (Å²) in [4.78, 5) is 13.4. The smallest absolute Gasteiger partial charge is 0.199 e. The summed E-state index contributed by atoms with van der Waals surface area (Å²) in [6.45, 7) is 3.06. The summed E-state index contributed by atoms with van der Waals surface area (Å²) < 4.78 is 0. The van der Waals surface area contributed by atoms with Crippen LogP contribution in [-0.4, -0.2) is 31.7 Å². The lowest BCUT2D eigenvalue weighted by Crippen LogP contribution is -2.07. The highest BCUT2D eigenvalue weighted by molar-refractivity contribution is 5.49.